The van der Waals surface area contributed by atoms with Gasteiger partial charge in [0.25, 0.3) is 5.56 Å². The van der Waals surface area contributed by atoms with Crippen LogP contribution in [0, 0.1) is 18.6 Å². The largest absolute Gasteiger partial charge is 0.352 e. The lowest BCUT2D eigenvalue weighted by Gasteiger charge is -2.35. The Morgan fingerprint density at radius 2 is 1.85 bits per heavy atom. The molecule has 1 aliphatic rings. The molecule has 4 heterocycles. The molecule has 0 bridgehead atoms. The highest BCUT2D eigenvalue weighted by Crippen LogP contribution is 2.19. The first kappa shape index (κ1) is 17.5. The van der Waals surface area contributed by atoms with E-state index in [2.05, 4.69) is 19.9 Å². The zero-order chi connectivity index (χ0) is 19.0. The number of aromatic nitrogens is 3. The van der Waals surface area contributed by atoms with E-state index in [1.807, 2.05) is 17.2 Å². The van der Waals surface area contributed by atoms with Crippen LogP contribution in [-0.4, -0.2) is 46.0 Å². The second-order valence-corrected chi connectivity index (χ2v) is 6.78. The smallest absolute Gasteiger partial charge is 0.251 e. The highest BCUT2D eigenvalue weighted by Gasteiger charge is 2.21. The number of aryl methyl sites for hydroxylation is 1. The molecule has 0 atom stereocenters. The maximum Gasteiger partial charge on any atom is 0.251 e. The first-order chi connectivity index (χ1) is 13.0. The molecule has 3 aromatic heterocycles. The van der Waals surface area contributed by atoms with Crippen molar-refractivity contribution >= 4 is 16.9 Å². The van der Waals surface area contributed by atoms with Crippen LogP contribution in [0.3, 0.4) is 0 Å². The lowest BCUT2D eigenvalue weighted by atomic mass is 10.2. The summed E-state index contributed by atoms with van der Waals surface area (Å²) in [6.07, 6.45) is 2.85. The van der Waals surface area contributed by atoms with Gasteiger partial charge in [0, 0.05) is 50.6 Å². The summed E-state index contributed by atoms with van der Waals surface area (Å²) in [7, 11) is 0. The molecule has 27 heavy (non-hydrogen) atoms. The summed E-state index contributed by atoms with van der Waals surface area (Å²) in [6, 6.07) is 4.58. The van der Waals surface area contributed by atoms with Crippen molar-refractivity contribution in [1.29, 1.82) is 0 Å². The van der Waals surface area contributed by atoms with E-state index in [-0.39, 0.29) is 11.4 Å². The summed E-state index contributed by atoms with van der Waals surface area (Å²) in [5.74, 6) is -1.12. The minimum Gasteiger partial charge on any atom is -0.352 e. The van der Waals surface area contributed by atoms with E-state index >= 15 is 0 Å². The molecule has 0 unspecified atom stereocenters. The van der Waals surface area contributed by atoms with Gasteiger partial charge >= 0.3 is 0 Å². The van der Waals surface area contributed by atoms with Crippen LogP contribution in [0.5, 0.6) is 0 Å². The summed E-state index contributed by atoms with van der Waals surface area (Å²) in [4.78, 5) is 27.0. The van der Waals surface area contributed by atoms with Gasteiger partial charge in [-0.05, 0) is 24.6 Å². The molecule has 1 N–H and O–H groups in total. The first-order valence-electron chi connectivity index (χ1n) is 8.76. The highest BCUT2D eigenvalue weighted by molar-refractivity contribution is 5.74. The third kappa shape index (κ3) is 3.66. The Balaban J connectivity index is 1.44. The third-order valence-electron chi connectivity index (χ3n) is 4.80. The average Bonchev–Trinajstić information content (AvgIpc) is 2.64. The minimum atomic E-state index is -0.674. The zero-order valence-corrected chi connectivity index (χ0v) is 14.9. The van der Waals surface area contributed by atoms with E-state index in [0.717, 1.165) is 41.9 Å². The zero-order valence-electron chi connectivity index (χ0n) is 14.9. The Morgan fingerprint density at radius 3 is 2.59 bits per heavy atom. The standard InChI is InChI=1S/C19H19F2N5O/c1-12-6-16-17(24-19(12)27)7-13(9-22-16)11-25-2-4-26(5-3-25)18-15(21)8-14(20)10-23-18/h6-10H,2-5,11H2,1H3,(H,24,27). The topological polar surface area (TPSA) is 65.1 Å². The minimum absolute atomic E-state index is 0.108. The number of fused-ring (bicyclic) bond motifs is 1. The number of H-pyrrole nitrogens is 1. The van der Waals surface area contributed by atoms with E-state index in [4.69, 9.17) is 0 Å². The van der Waals surface area contributed by atoms with Crippen LogP contribution in [0.15, 0.2) is 35.4 Å². The van der Waals surface area contributed by atoms with E-state index in [9.17, 15) is 13.6 Å². The Kier molecular flexibility index (Phi) is 4.57. The Morgan fingerprint density at radius 1 is 1.07 bits per heavy atom. The quantitative estimate of drug-likeness (QED) is 0.765. The van der Waals surface area contributed by atoms with Gasteiger partial charge in [0.05, 0.1) is 17.2 Å². The van der Waals surface area contributed by atoms with Crippen LogP contribution in [0.4, 0.5) is 14.6 Å². The van der Waals surface area contributed by atoms with E-state index in [1.165, 1.54) is 0 Å². The van der Waals surface area contributed by atoms with Crippen molar-refractivity contribution < 1.29 is 8.78 Å². The number of nitrogens with one attached hydrogen (secondary N) is 1. The molecular formula is C19H19F2N5O. The van der Waals surface area contributed by atoms with Gasteiger partial charge in [-0.15, -0.1) is 0 Å². The molecule has 6 nitrogen and oxygen atoms in total. The number of hydrogen-bond acceptors (Lipinski definition) is 5. The molecule has 3 aromatic rings. The molecule has 0 amide bonds. The fourth-order valence-corrected chi connectivity index (χ4v) is 3.33. The molecule has 0 spiro atoms. The van der Waals surface area contributed by atoms with Gasteiger partial charge in [0.2, 0.25) is 0 Å². The normalized spacial score (nSPS) is 15.4. The van der Waals surface area contributed by atoms with Gasteiger partial charge in [-0.25, -0.2) is 13.8 Å². The van der Waals surface area contributed by atoms with Crippen molar-refractivity contribution in [2.75, 3.05) is 31.1 Å². The van der Waals surface area contributed by atoms with Gasteiger partial charge in [-0.1, -0.05) is 0 Å². The maximum absolute atomic E-state index is 13.9. The summed E-state index contributed by atoms with van der Waals surface area (Å²) >= 11 is 0. The monoisotopic (exact) mass is 371 g/mol. The Labute approximate surface area is 154 Å². The molecule has 1 saturated heterocycles. The van der Waals surface area contributed by atoms with Crippen LogP contribution in [0.25, 0.3) is 11.0 Å². The van der Waals surface area contributed by atoms with Gasteiger partial charge in [0.1, 0.15) is 5.82 Å². The second-order valence-electron chi connectivity index (χ2n) is 6.78. The molecule has 1 fully saturated rings. The SMILES string of the molecule is Cc1cc2ncc(CN3CCN(c4ncc(F)cc4F)CC3)cc2[nH]c1=O. The first-order valence-corrected chi connectivity index (χ1v) is 8.76. The molecule has 0 aliphatic carbocycles. The van der Waals surface area contributed by atoms with Crippen LogP contribution in [0.1, 0.15) is 11.1 Å². The van der Waals surface area contributed by atoms with Crippen molar-refractivity contribution in [3.05, 3.63) is 63.7 Å². The van der Waals surface area contributed by atoms with Crippen molar-refractivity contribution in [2.24, 2.45) is 0 Å². The average molecular weight is 371 g/mol. The number of nitrogens with zero attached hydrogens (tertiary/aromatic N) is 4. The van der Waals surface area contributed by atoms with Gasteiger partial charge in [-0.3, -0.25) is 14.7 Å². The number of pyridine rings is 3. The van der Waals surface area contributed by atoms with Crippen LogP contribution >= 0.6 is 0 Å². The van der Waals surface area contributed by atoms with Crippen LogP contribution in [-0.2, 0) is 6.54 Å². The van der Waals surface area contributed by atoms with E-state index < -0.39 is 11.6 Å². The fourth-order valence-electron chi connectivity index (χ4n) is 3.33. The lowest BCUT2D eigenvalue weighted by Crippen LogP contribution is -2.46. The summed E-state index contributed by atoms with van der Waals surface area (Å²) in [5.41, 5.74) is 3.02. The predicted octanol–water partition coefficient (Wildman–Crippen LogP) is 2.23. The molecular weight excluding hydrogens is 352 g/mol. The molecule has 1 aliphatic heterocycles. The maximum atomic E-state index is 13.9. The number of anilines is 1. The fraction of sp³-hybridized carbons (Fsp3) is 0.316. The van der Waals surface area contributed by atoms with E-state index in [0.29, 0.717) is 25.2 Å². The van der Waals surface area contributed by atoms with Crippen LogP contribution < -0.4 is 10.5 Å². The molecule has 0 saturated carbocycles. The predicted molar refractivity (Wildman–Crippen MR) is 98.7 cm³/mol. The summed E-state index contributed by atoms with van der Waals surface area (Å²) in [5, 5.41) is 0. The number of aromatic amines is 1. The molecule has 8 heteroatoms. The summed E-state index contributed by atoms with van der Waals surface area (Å²) < 4.78 is 26.9. The van der Waals surface area contributed by atoms with E-state index in [1.54, 1.807) is 13.0 Å². The number of rotatable bonds is 3. The summed E-state index contributed by atoms with van der Waals surface area (Å²) in [6.45, 7) is 5.10. The van der Waals surface area contributed by atoms with Gasteiger partial charge in [-0.2, -0.15) is 0 Å². The van der Waals surface area contributed by atoms with Gasteiger partial charge < -0.3 is 9.88 Å². The molecule has 0 aromatic carbocycles. The molecule has 0 radical (unpaired) electrons. The molecule has 140 valence electrons. The highest BCUT2D eigenvalue weighted by atomic mass is 19.1. The number of piperazine rings is 1. The second kappa shape index (κ2) is 7.03. The number of halogens is 2. The van der Waals surface area contributed by atoms with Crippen LogP contribution in [0.2, 0.25) is 0 Å². The van der Waals surface area contributed by atoms with Crippen molar-refractivity contribution in [1.82, 2.24) is 19.9 Å². The molecule has 4 rings (SSSR count). The Bertz CT molecular complexity index is 1040. The van der Waals surface area contributed by atoms with Gasteiger partial charge in [0.15, 0.2) is 11.6 Å². The lowest BCUT2D eigenvalue weighted by molar-refractivity contribution is 0.248. The number of hydrogen-bond donors (Lipinski definition) is 1. The van der Waals surface area contributed by atoms with Crippen molar-refractivity contribution in [3.8, 4) is 0 Å². The Hall–Kier alpha value is -2.87. The van der Waals surface area contributed by atoms with Crippen molar-refractivity contribution in [3.63, 3.8) is 0 Å². The third-order valence-corrected chi connectivity index (χ3v) is 4.80. The van der Waals surface area contributed by atoms with Crippen molar-refractivity contribution in [2.45, 2.75) is 13.5 Å².